The molecule has 138 valence electrons. The zero-order chi connectivity index (χ0) is 18.5. The third-order valence-corrected chi connectivity index (χ3v) is 4.36. The highest BCUT2D eigenvalue weighted by molar-refractivity contribution is 5.59. The first-order chi connectivity index (χ1) is 12.6. The minimum absolute atomic E-state index is 0.0230. The molecule has 1 saturated heterocycles. The van der Waals surface area contributed by atoms with Crippen LogP contribution < -0.4 is 14.4 Å². The molecule has 1 aliphatic heterocycles. The van der Waals surface area contributed by atoms with Crippen LogP contribution in [0.15, 0.2) is 42.5 Å². The van der Waals surface area contributed by atoms with Crippen molar-refractivity contribution in [2.24, 2.45) is 0 Å². The van der Waals surface area contributed by atoms with Crippen LogP contribution in [0.4, 0.5) is 15.8 Å². The van der Waals surface area contributed by atoms with Crippen molar-refractivity contribution in [3.8, 4) is 11.5 Å². The quantitative estimate of drug-likeness (QED) is 0.571. The Morgan fingerprint density at radius 1 is 1.19 bits per heavy atom. The van der Waals surface area contributed by atoms with Gasteiger partial charge >= 0.3 is 5.69 Å². The molecule has 0 aromatic heterocycles. The van der Waals surface area contributed by atoms with E-state index in [9.17, 15) is 14.5 Å². The molecular weight excluding hydrogens is 339 g/mol. The highest BCUT2D eigenvalue weighted by atomic mass is 19.1. The Bertz CT molecular complexity index is 759. The lowest BCUT2D eigenvalue weighted by Gasteiger charge is -2.33. The lowest BCUT2D eigenvalue weighted by Crippen LogP contribution is -2.38. The summed E-state index contributed by atoms with van der Waals surface area (Å²) in [5.41, 5.74) is 0.879. The summed E-state index contributed by atoms with van der Waals surface area (Å²) >= 11 is 0. The summed E-state index contributed by atoms with van der Waals surface area (Å²) < 4.78 is 24.3. The SMILES string of the molecule is CCOc1cc(N2CCC(Oc3ccc(F)cc3)CC2)ccc1[N+](=O)[O-]. The van der Waals surface area contributed by atoms with Gasteiger partial charge in [0.25, 0.3) is 0 Å². The Morgan fingerprint density at radius 2 is 1.88 bits per heavy atom. The van der Waals surface area contributed by atoms with Crippen molar-refractivity contribution in [3.63, 3.8) is 0 Å². The third kappa shape index (κ3) is 4.22. The fourth-order valence-corrected chi connectivity index (χ4v) is 3.06. The average molecular weight is 360 g/mol. The summed E-state index contributed by atoms with van der Waals surface area (Å²) in [6.07, 6.45) is 1.71. The number of anilines is 1. The zero-order valence-electron chi connectivity index (χ0n) is 14.6. The smallest absolute Gasteiger partial charge is 0.311 e. The van der Waals surface area contributed by atoms with Gasteiger partial charge in [-0.3, -0.25) is 10.1 Å². The van der Waals surface area contributed by atoms with E-state index in [0.717, 1.165) is 31.6 Å². The molecule has 2 aromatic carbocycles. The van der Waals surface area contributed by atoms with Gasteiger partial charge in [0.1, 0.15) is 17.7 Å². The number of nitrogens with zero attached hydrogens (tertiary/aromatic N) is 2. The van der Waals surface area contributed by atoms with Crippen molar-refractivity contribution >= 4 is 11.4 Å². The summed E-state index contributed by atoms with van der Waals surface area (Å²) in [4.78, 5) is 12.8. The van der Waals surface area contributed by atoms with Crippen LogP contribution in [0.25, 0.3) is 0 Å². The molecule has 1 aliphatic rings. The molecule has 0 amide bonds. The number of piperidine rings is 1. The lowest BCUT2D eigenvalue weighted by atomic mass is 10.1. The average Bonchev–Trinajstić information content (AvgIpc) is 2.64. The van der Waals surface area contributed by atoms with Crippen molar-refractivity contribution in [1.82, 2.24) is 0 Å². The van der Waals surface area contributed by atoms with Crippen LogP contribution in [0.2, 0.25) is 0 Å². The predicted molar refractivity (Wildman–Crippen MR) is 96.5 cm³/mol. The van der Waals surface area contributed by atoms with Crippen LogP contribution in [0.3, 0.4) is 0 Å². The molecular formula is C19H21FN2O4. The van der Waals surface area contributed by atoms with Crippen LogP contribution in [0, 0.1) is 15.9 Å². The predicted octanol–water partition coefficient (Wildman–Crippen LogP) is 4.18. The fraction of sp³-hybridized carbons (Fsp3) is 0.368. The summed E-state index contributed by atoms with van der Waals surface area (Å²) in [6, 6.07) is 11.0. The lowest BCUT2D eigenvalue weighted by molar-refractivity contribution is -0.385. The van der Waals surface area contributed by atoms with Crippen molar-refractivity contribution in [2.75, 3.05) is 24.6 Å². The Labute approximate surface area is 151 Å². The van der Waals surface area contributed by atoms with E-state index in [-0.39, 0.29) is 17.6 Å². The first-order valence-electron chi connectivity index (χ1n) is 8.65. The summed E-state index contributed by atoms with van der Waals surface area (Å²) in [6.45, 7) is 3.72. The molecule has 0 radical (unpaired) electrons. The zero-order valence-corrected chi connectivity index (χ0v) is 14.6. The number of halogens is 1. The van der Waals surface area contributed by atoms with E-state index in [1.54, 1.807) is 31.2 Å². The molecule has 1 fully saturated rings. The minimum Gasteiger partial charge on any atom is -0.490 e. The Morgan fingerprint density at radius 3 is 2.50 bits per heavy atom. The van der Waals surface area contributed by atoms with Crippen LogP contribution >= 0.6 is 0 Å². The van der Waals surface area contributed by atoms with Crippen molar-refractivity contribution in [2.45, 2.75) is 25.9 Å². The maximum absolute atomic E-state index is 13.0. The summed E-state index contributed by atoms with van der Waals surface area (Å²) in [7, 11) is 0. The van der Waals surface area contributed by atoms with Gasteiger partial charge in [-0.1, -0.05) is 0 Å². The molecule has 3 rings (SSSR count). The topological polar surface area (TPSA) is 64.8 Å². The molecule has 7 heteroatoms. The normalized spacial score (nSPS) is 14.9. The number of benzene rings is 2. The largest absolute Gasteiger partial charge is 0.490 e. The molecule has 6 nitrogen and oxygen atoms in total. The number of hydrogen-bond donors (Lipinski definition) is 0. The summed E-state index contributed by atoms with van der Waals surface area (Å²) in [5, 5.41) is 11.1. The molecule has 0 saturated carbocycles. The molecule has 0 atom stereocenters. The van der Waals surface area contributed by atoms with Gasteiger partial charge in [-0.15, -0.1) is 0 Å². The van der Waals surface area contributed by atoms with Crippen molar-refractivity contribution in [1.29, 1.82) is 0 Å². The summed E-state index contributed by atoms with van der Waals surface area (Å²) in [5.74, 6) is 0.675. The van der Waals surface area contributed by atoms with Crippen LogP contribution in [0.1, 0.15) is 19.8 Å². The van der Waals surface area contributed by atoms with Gasteiger partial charge in [0.15, 0.2) is 5.75 Å². The molecule has 0 bridgehead atoms. The van der Waals surface area contributed by atoms with Gasteiger partial charge < -0.3 is 14.4 Å². The highest BCUT2D eigenvalue weighted by Crippen LogP contribution is 2.33. The minimum atomic E-state index is -0.433. The molecule has 0 spiro atoms. The Kier molecular flexibility index (Phi) is 5.55. The second kappa shape index (κ2) is 8.03. The van der Waals surface area contributed by atoms with Crippen LogP contribution in [0.5, 0.6) is 11.5 Å². The Hall–Kier alpha value is -2.83. The number of rotatable bonds is 6. The van der Waals surface area contributed by atoms with E-state index < -0.39 is 4.92 Å². The first kappa shape index (κ1) is 18.0. The molecule has 1 heterocycles. The Balaban J connectivity index is 1.63. The van der Waals surface area contributed by atoms with Gasteiger partial charge in [0.2, 0.25) is 0 Å². The van der Waals surface area contributed by atoms with E-state index in [4.69, 9.17) is 9.47 Å². The van der Waals surface area contributed by atoms with E-state index in [2.05, 4.69) is 4.90 Å². The number of nitro benzene ring substituents is 1. The number of nitro groups is 1. The third-order valence-electron chi connectivity index (χ3n) is 4.36. The second-order valence-corrected chi connectivity index (χ2v) is 6.10. The molecule has 0 N–H and O–H groups in total. The molecule has 26 heavy (non-hydrogen) atoms. The van der Waals surface area contributed by atoms with E-state index in [1.807, 2.05) is 0 Å². The van der Waals surface area contributed by atoms with E-state index in [0.29, 0.717) is 18.1 Å². The van der Waals surface area contributed by atoms with E-state index in [1.165, 1.54) is 18.2 Å². The second-order valence-electron chi connectivity index (χ2n) is 6.10. The standard InChI is InChI=1S/C19H21FN2O4/c1-2-25-19-13-15(5-8-18(19)22(23)24)21-11-9-17(10-12-21)26-16-6-3-14(20)4-7-16/h3-8,13,17H,2,9-12H2,1H3. The number of ether oxygens (including phenoxy) is 2. The molecule has 0 aliphatic carbocycles. The van der Waals surface area contributed by atoms with Crippen molar-refractivity contribution in [3.05, 3.63) is 58.4 Å². The van der Waals surface area contributed by atoms with Gasteiger partial charge in [-0.25, -0.2) is 4.39 Å². The van der Waals surface area contributed by atoms with Crippen LogP contribution in [-0.2, 0) is 0 Å². The van der Waals surface area contributed by atoms with E-state index >= 15 is 0 Å². The fourth-order valence-electron chi connectivity index (χ4n) is 3.06. The first-order valence-corrected chi connectivity index (χ1v) is 8.65. The van der Waals surface area contributed by atoms with Gasteiger partial charge in [0.05, 0.1) is 11.5 Å². The van der Waals surface area contributed by atoms with Gasteiger partial charge in [0, 0.05) is 43.8 Å². The molecule has 0 unspecified atom stereocenters. The maximum Gasteiger partial charge on any atom is 0.311 e. The number of hydrogen-bond acceptors (Lipinski definition) is 5. The maximum atomic E-state index is 13.0. The molecule has 2 aromatic rings. The van der Waals surface area contributed by atoms with Gasteiger partial charge in [-0.05, 0) is 37.3 Å². The van der Waals surface area contributed by atoms with Crippen molar-refractivity contribution < 1.29 is 18.8 Å². The van der Waals surface area contributed by atoms with Gasteiger partial charge in [-0.2, -0.15) is 0 Å². The monoisotopic (exact) mass is 360 g/mol. The highest BCUT2D eigenvalue weighted by Gasteiger charge is 2.23. The van der Waals surface area contributed by atoms with Crippen LogP contribution in [-0.4, -0.2) is 30.7 Å².